The van der Waals surface area contributed by atoms with Crippen molar-refractivity contribution in [2.75, 3.05) is 25.1 Å². The van der Waals surface area contributed by atoms with Crippen molar-refractivity contribution in [1.82, 2.24) is 10.6 Å². The molecule has 23 heavy (non-hydrogen) atoms. The number of nitrogens with one attached hydrogen (secondary N) is 2. The summed E-state index contributed by atoms with van der Waals surface area (Å²) in [5.41, 5.74) is -0.569. The van der Waals surface area contributed by atoms with Gasteiger partial charge in [0.2, 0.25) is 0 Å². The quantitative estimate of drug-likeness (QED) is 0.339. The number of rotatable bonds is 5. The van der Waals surface area contributed by atoms with E-state index in [0.717, 1.165) is 29.8 Å². The molecule has 0 bridgehead atoms. The van der Waals surface area contributed by atoms with E-state index in [4.69, 9.17) is 0 Å². The fourth-order valence-electron chi connectivity index (χ4n) is 3.59. The van der Waals surface area contributed by atoms with Gasteiger partial charge in [-0.3, -0.25) is 4.99 Å². The third-order valence-electron chi connectivity index (χ3n) is 5.44. The van der Waals surface area contributed by atoms with Crippen LogP contribution >= 0.6 is 35.7 Å². The van der Waals surface area contributed by atoms with Gasteiger partial charge in [0.15, 0.2) is 5.96 Å². The highest BCUT2D eigenvalue weighted by atomic mass is 127. The van der Waals surface area contributed by atoms with Crippen LogP contribution < -0.4 is 10.6 Å². The van der Waals surface area contributed by atoms with Crippen molar-refractivity contribution in [3.05, 3.63) is 0 Å². The predicted molar refractivity (Wildman–Crippen MR) is 112 cm³/mol. The van der Waals surface area contributed by atoms with E-state index in [0.29, 0.717) is 18.5 Å². The number of thioether (sulfide) groups is 1. The van der Waals surface area contributed by atoms with Crippen LogP contribution in [0.25, 0.3) is 0 Å². The summed E-state index contributed by atoms with van der Waals surface area (Å²) < 4.78 is 0. The van der Waals surface area contributed by atoms with E-state index in [2.05, 4.69) is 29.5 Å². The number of aliphatic hydroxyl groups is 1. The lowest BCUT2D eigenvalue weighted by Crippen LogP contribution is -2.51. The molecule has 2 fully saturated rings. The fraction of sp³-hybridized carbons (Fsp3) is 0.941. The monoisotopic (exact) mass is 455 g/mol. The van der Waals surface area contributed by atoms with Crippen molar-refractivity contribution in [3.8, 4) is 0 Å². The van der Waals surface area contributed by atoms with Crippen molar-refractivity contribution in [2.24, 2.45) is 16.8 Å². The SMILES string of the molecule is CN=C(NCC1(O)CCSC1)NC(C)C(C)C1CCCCC1.I. The second-order valence-corrected chi connectivity index (χ2v) is 8.25. The molecule has 0 aromatic carbocycles. The molecule has 2 aliphatic rings. The number of nitrogens with zero attached hydrogens (tertiary/aromatic N) is 1. The molecule has 136 valence electrons. The first-order chi connectivity index (χ1) is 10.5. The molecule has 1 saturated heterocycles. The second kappa shape index (κ2) is 10.3. The van der Waals surface area contributed by atoms with E-state index in [1.54, 1.807) is 7.05 Å². The van der Waals surface area contributed by atoms with Crippen LogP contribution in [0.5, 0.6) is 0 Å². The maximum atomic E-state index is 10.4. The zero-order chi connectivity index (χ0) is 16.0. The van der Waals surface area contributed by atoms with E-state index >= 15 is 0 Å². The van der Waals surface area contributed by atoms with Crippen LogP contribution in [0.3, 0.4) is 0 Å². The molecular formula is C17H34IN3OS. The van der Waals surface area contributed by atoms with Crippen molar-refractivity contribution >= 4 is 41.7 Å². The van der Waals surface area contributed by atoms with Crippen LogP contribution in [-0.4, -0.2) is 47.8 Å². The Morgan fingerprint density at radius 3 is 2.57 bits per heavy atom. The minimum absolute atomic E-state index is 0. The molecule has 1 saturated carbocycles. The fourth-order valence-corrected chi connectivity index (χ4v) is 4.89. The van der Waals surface area contributed by atoms with Gasteiger partial charge in [-0.1, -0.05) is 39.0 Å². The van der Waals surface area contributed by atoms with E-state index < -0.39 is 5.60 Å². The van der Waals surface area contributed by atoms with Gasteiger partial charge in [-0.15, -0.1) is 24.0 Å². The first-order valence-corrected chi connectivity index (χ1v) is 9.97. The van der Waals surface area contributed by atoms with Gasteiger partial charge in [0, 0.05) is 25.4 Å². The number of aliphatic imine (C=N–C) groups is 1. The standard InChI is InChI=1S/C17H33N3OS.HI/c1-13(15-7-5-4-6-8-15)14(2)20-16(18-3)19-11-17(21)9-10-22-12-17;/h13-15,21H,4-12H2,1-3H3,(H2,18,19,20);1H. The molecule has 3 unspecified atom stereocenters. The normalized spacial score (nSPS) is 28.8. The number of hydrogen-bond donors (Lipinski definition) is 3. The third-order valence-corrected chi connectivity index (χ3v) is 6.67. The number of hydrogen-bond acceptors (Lipinski definition) is 3. The first-order valence-electron chi connectivity index (χ1n) is 8.81. The second-order valence-electron chi connectivity index (χ2n) is 7.14. The molecular weight excluding hydrogens is 421 g/mol. The molecule has 0 spiro atoms. The summed E-state index contributed by atoms with van der Waals surface area (Å²) in [4.78, 5) is 4.32. The Morgan fingerprint density at radius 1 is 1.30 bits per heavy atom. The van der Waals surface area contributed by atoms with Crippen LogP contribution in [0.1, 0.15) is 52.4 Å². The molecule has 1 aliphatic heterocycles. The molecule has 0 radical (unpaired) electrons. The van der Waals surface area contributed by atoms with Crippen molar-refractivity contribution < 1.29 is 5.11 Å². The molecule has 0 aromatic heterocycles. The summed E-state index contributed by atoms with van der Waals surface area (Å²) in [5, 5.41) is 17.3. The third kappa shape index (κ3) is 6.61. The first kappa shape index (κ1) is 21.4. The Bertz CT molecular complexity index is 369. The molecule has 1 heterocycles. The van der Waals surface area contributed by atoms with Gasteiger partial charge in [-0.05, 0) is 30.9 Å². The summed E-state index contributed by atoms with van der Waals surface area (Å²) in [7, 11) is 1.81. The highest BCUT2D eigenvalue weighted by molar-refractivity contribution is 14.0. The summed E-state index contributed by atoms with van der Waals surface area (Å²) >= 11 is 1.83. The Balaban J connectivity index is 0.00000264. The summed E-state index contributed by atoms with van der Waals surface area (Å²) in [6.45, 7) is 5.21. The summed E-state index contributed by atoms with van der Waals surface area (Å²) in [6.07, 6.45) is 7.80. The minimum atomic E-state index is -0.569. The molecule has 2 rings (SSSR count). The smallest absolute Gasteiger partial charge is 0.191 e. The zero-order valence-electron chi connectivity index (χ0n) is 14.8. The van der Waals surface area contributed by atoms with Gasteiger partial charge in [-0.25, -0.2) is 0 Å². The molecule has 3 atom stereocenters. The lowest BCUT2D eigenvalue weighted by Gasteiger charge is -2.33. The highest BCUT2D eigenvalue weighted by Crippen LogP contribution is 2.31. The van der Waals surface area contributed by atoms with Crippen LogP contribution in [0, 0.1) is 11.8 Å². The van der Waals surface area contributed by atoms with Crippen LogP contribution in [-0.2, 0) is 0 Å². The summed E-state index contributed by atoms with van der Waals surface area (Å²) in [5.74, 6) is 4.19. The Hall–Kier alpha value is 0.310. The van der Waals surface area contributed by atoms with Crippen LogP contribution in [0.2, 0.25) is 0 Å². The number of halogens is 1. The molecule has 1 aliphatic carbocycles. The van der Waals surface area contributed by atoms with Gasteiger partial charge >= 0.3 is 0 Å². The average Bonchev–Trinajstić information content (AvgIpc) is 2.98. The van der Waals surface area contributed by atoms with E-state index in [9.17, 15) is 5.11 Å². The number of guanidine groups is 1. The lowest BCUT2D eigenvalue weighted by atomic mass is 9.78. The molecule has 0 aromatic rings. The lowest BCUT2D eigenvalue weighted by molar-refractivity contribution is 0.0723. The zero-order valence-corrected chi connectivity index (χ0v) is 18.0. The van der Waals surface area contributed by atoms with Crippen molar-refractivity contribution in [1.29, 1.82) is 0 Å². The summed E-state index contributed by atoms with van der Waals surface area (Å²) in [6, 6.07) is 0.405. The van der Waals surface area contributed by atoms with Gasteiger partial charge in [0.05, 0.1) is 5.60 Å². The molecule has 3 N–H and O–H groups in total. The van der Waals surface area contributed by atoms with E-state index in [1.807, 2.05) is 11.8 Å². The Kier molecular flexibility index (Phi) is 9.59. The van der Waals surface area contributed by atoms with Gasteiger partial charge in [-0.2, -0.15) is 11.8 Å². The Morgan fingerprint density at radius 2 is 2.00 bits per heavy atom. The largest absolute Gasteiger partial charge is 0.387 e. The maximum absolute atomic E-state index is 10.4. The maximum Gasteiger partial charge on any atom is 0.191 e. The van der Waals surface area contributed by atoms with Crippen molar-refractivity contribution in [2.45, 2.75) is 64.0 Å². The van der Waals surface area contributed by atoms with E-state index in [1.165, 1.54) is 32.1 Å². The predicted octanol–water partition coefficient (Wildman–Crippen LogP) is 3.24. The van der Waals surface area contributed by atoms with Gasteiger partial charge in [0.25, 0.3) is 0 Å². The van der Waals surface area contributed by atoms with Crippen molar-refractivity contribution in [3.63, 3.8) is 0 Å². The average molecular weight is 455 g/mol. The van der Waals surface area contributed by atoms with Gasteiger partial charge < -0.3 is 15.7 Å². The van der Waals surface area contributed by atoms with Crippen LogP contribution in [0.15, 0.2) is 4.99 Å². The Labute approximate surface area is 163 Å². The minimum Gasteiger partial charge on any atom is -0.387 e. The molecule has 4 nitrogen and oxygen atoms in total. The molecule has 6 heteroatoms. The highest BCUT2D eigenvalue weighted by Gasteiger charge is 2.32. The topological polar surface area (TPSA) is 56.7 Å². The molecule has 0 amide bonds. The van der Waals surface area contributed by atoms with Crippen LogP contribution in [0.4, 0.5) is 0 Å². The van der Waals surface area contributed by atoms with Gasteiger partial charge in [0.1, 0.15) is 0 Å². The van der Waals surface area contributed by atoms with E-state index in [-0.39, 0.29) is 24.0 Å².